The number of carbonyl (C=O) groups excluding carboxylic acids is 1. The number of nitriles is 1. The molecular formula is C13H16N4O2. The lowest BCUT2D eigenvalue weighted by Gasteiger charge is -2.33. The fourth-order valence-corrected chi connectivity index (χ4v) is 2.78. The number of ether oxygens (including phenoxy) is 1. The number of aromatic nitrogens is 2. The van der Waals surface area contributed by atoms with Crippen LogP contribution < -0.4 is 0 Å². The van der Waals surface area contributed by atoms with E-state index < -0.39 is 5.60 Å². The smallest absolute Gasteiger partial charge is 0.254 e. The van der Waals surface area contributed by atoms with Gasteiger partial charge in [-0.05, 0) is 25.8 Å². The standard InChI is InChI=1S/C13H16N4O2/c1-13(3-2-6-19-13)12(18)16-4-5-17-11(9-16)7-10(8-14)15-17/h7H,2-6,9H2,1H3. The zero-order valence-corrected chi connectivity index (χ0v) is 10.9. The summed E-state index contributed by atoms with van der Waals surface area (Å²) in [5.41, 5.74) is 0.658. The molecule has 0 aliphatic carbocycles. The second-order valence-corrected chi connectivity index (χ2v) is 5.27. The van der Waals surface area contributed by atoms with Crippen LogP contribution in [0.25, 0.3) is 0 Å². The van der Waals surface area contributed by atoms with Crippen LogP contribution in [0.4, 0.5) is 0 Å². The minimum Gasteiger partial charge on any atom is -0.365 e. The second kappa shape index (κ2) is 4.35. The summed E-state index contributed by atoms with van der Waals surface area (Å²) < 4.78 is 7.41. The summed E-state index contributed by atoms with van der Waals surface area (Å²) in [6, 6.07) is 3.78. The largest absolute Gasteiger partial charge is 0.365 e. The van der Waals surface area contributed by atoms with Crippen molar-refractivity contribution in [2.75, 3.05) is 13.2 Å². The van der Waals surface area contributed by atoms with Crippen LogP contribution in [0.3, 0.4) is 0 Å². The van der Waals surface area contributed by atoms with E-state index in [1.165, 1.54) is 0 Å². The van der Waals surface area contributed by atoms with Crippen LogP contribution >= 0.6 is 0 Å². The van der Waals surface area contributed by atoms with E-state index in [9.17, 15) is 4.79 Å². The molecule has 0 spiro atoms. The quantitative estimate of drug-likeness (QED) is 0.744. The van der Waals surface area contributed by atoms with Crippen molar-refractivity contribution in [2.24, 2.45) is 0 Å². The monoisotopic (exact) mass is 260 g/mol. The fraction of sp³-hybridized carbons (Fsp3) is 0.615. The molecule has 6 nitrogen and oxygen atoms in total. The molecule has 1 atom stereocenters. The molecule has 3 rings (SSSR count). The fourth-order valence-electron chi connectivity index (χ4n) is 2.78. The number of hydrogen-bond acceptors (Lipinski definition) is 4. The highest BCUT2D eigenvalue weighted by molar-refractivity contribution is 5.85. The summed E-state index contributed by atoms with van der Waals surface area (Å²) in [6.45, 7) is 4.30. The molecule has 1 fully saturated rings. The van der Waals surface area contributed by atoms with Crippen molar-refractivity contribution in [2.45, 2.75) is 38.5 Å². The summed E-state index contributed by atoms with van der Waals surface area (Å²) in [5.74, 6) is 0.0518. The molecule has 0 bridgehead atoms. The molecule has 3 heterocycles. The molecule has 0 N–H and O–H groups in total. The first-order valence-electron chi connectivity index (χ1n) is 6.52. The van der Waals surface area contributed by atoms with E-state index in [0.717, 1.165) is 18.5 Å². The maximum Gasteiger partial charge on any atom is 0.254 e. The molecule has 1 amide bonds. The molecule has 1 unspecified atom stereocenters. The maximum absolute atomic E-state index is 12.5. The molecule has 2 aliphatic rings. The Morgan fingerprint density at radius 2 is 2.42 bits per heavy atom. The van der Waals surface area contributed by atoms with E-state index in [4.69, 9.17) is 10.00 Å². The zero-order chi connectivity index (χ0) is 13.5. The van der Waals surface area contributed by atoms with E-state index in [2.05, 4.69) is 5.10 Å². The lowest BCUT2D eigenvalue weighted by atomic mass is 10.0. The van der Waals surface area contributed by atoms with Gasteiger partial charge in [-0.25, -0.2) is 0 Å². The van der Waals surface area contributed by atoms with Gasteiger partial charge in [-0.3, -0.25) is 9.48 Å². The topological polar surface area (TPSA) is 71.2 Å². The highest BCUT2D eigenvalue weighted by atomic mass is 16.5. The predicted molar refractivity (Wildman–Crippen MR) is 66.0 cm³/mol. The Kier molecular flexibility index (Phi) is 2.79. The summed E-state index contributed by atoms with van der Waals surface area (Å²) in [6.07, 6.45) is 1.72. The summed E-state index contributed by atoms with van der Waals surface area (Å²) >= 11 is 0. The van der Waals surface area contributed by atoms with E-state index in [0.29, 0.717) is 31.9 Å². The third kappa shape index (κ3) is 2.00. The molecular weight excluding hydrogens is 244 g/mol. The molecule has 19 heavy (non-hydrogen) atoms. The third-order valence-corrected chi connectivity index (χ3v) is 3.87. The Labute approximate surface area is 111 Å². The van der Waals surface area contributed by atoms with Gasteiger partial charge < -0.3 is 9.64 Å². The van der Waals surface area contributed by atoms with Crippen LogP contribution in [0.2, 0.25) is 0 Å². The molecule has 2 aliphatic heterocycles. The van der Waals surface area contributed by atoms with Crippen LogP contribution in [0.15, 0.2) is 6.07 Å². The summed E-state index contributed by atoms with van der Waals surface area (Å²) in [7, 11) is 0. The van der Waals surface area contributed by atoms with Gasteiger partial charge in [0.25, 0.3) is 5.91 Å². The molecule has 0 radical (unpaired) electrons. The van der Waals surface area contributed by atoms with Gasteiger partial charge in [0.1, 0.15) is 11.7 Å². The molecule has 1 aromatic heterocycles. The van der Waals surface area contributed by atoms with Crippen molar-refractivity contribution in [1.29, 1.82) is 5.26 Å². The van der Waals surface area contributed by atoms with Crippen LogP contribution in [0.1, 0.15) is 31.2 Å². The summed E-state index contributed by atoms with van der Waals surface area (Å²) in [5, 5.41) is 13.0. The third-order valence-electron chi connectivity index (χ3n) is 3.87. The van der Waals surface area contributed by atoms with Crippen molar-refractivity contribution in [3.8, 4) is 6.07 Å². The van der Waals surface area contributed by atoms with Crippen molar-refractivity contribution < 1.29 is 9.53 Å². The van der Waals surface area contributed by atoms with Crippen LogP contribution in [-0.4, -0.2) is 39.3 Å². The molecule has 0 saturated carbocycles. The number of rotatable bonds is 1. The van der Waals surface area contributed by atoms with Gasteiger partial charge in [0.2, 0.25) is 0 Å². The van der Waals surface area contributed by atoms with E-state index in [1.54, 1.807) is 10.7 Å². The van der Waals surface area contributed by atoms with Gasteiger partial charge in [-0.1, -0.05) is 0 Å². The maximum atomic E-state index is 12.5. The van der Waals surface area contributed by atoms with E-state index in [1.807, 2.05) is 17.9 Å². The molecule has 1 aromatic rings. The summed E-state index contributed by atoms with van der Waals surface area (Å²) in [4.78, 5) is 14.3. The Bertz CT molecular complexity index is 551. The minimum absolute atomic E-state index is 0.0518. The van der Waals surface area contributed by atoms with Gasteiger partial charge in [0, 0.05) is 13.2 Å². The molecule has 6 heteroatoms. The average molecular weight is 260 g/mol. The van der Waals surface area contributed by atoms with Crippen molar-refractivity contribution in [3.05, 3.63) is 17.5 Å². The molecule has 1 saturated heterocycles. The Morgan fingerprint density at radius 1 is 1.58 bits per heavy atom. The van der Waals surface area contributed by atoms with Crippen LogP contribution in [0, 0.1) is 11.3 Å². The minimum atomic E-state index is -0.666. The van der Waals surface area contributed by atoms with Gasteiger partial charge in [0.05, 0.1) is 18.8 Å². The number of carbonyl (C=O) groups is 1. The number of fused-ring (bicyclic) bond motifs is 1. The Balaban J connectivity index is 1.78. The van der Waals surface area contributed by atoms with Gasteiger partial charge in [-0.2, -0.15) is 10.4 Å². The number of hydrogen-bond donors (Lipinski definition) is 0. The molecule has 100 valence electrons. The lowest BCUT2D eigenvalue weighted by molar-refractivity contribution is -0.152. The van der Waals surface area contributed by atoms with Crippen LogP contribution in [0.5, 0.6) is 0 Å². The SMILES string of the molecule is CC1(C(=O)N2CCn3nc(C#N)cc3C2)CCCO1. The van der Waals surface area contributed by atoms with Gasteiger partial charge in [0.15, 0.2) is 5.69 Å². The Hall–Kier alpha value is -1.87. The average Bonchev–Trinajstić information content (AvgIpc) is 3.03. The highest BCUT2D eigenvalue weighted by Gasteiger charge is 2.41. The van der Waals surface area contributed by atoms with Crippen molar-refractivity contribution in [3.63, 3.8) is 0 Å². The second-order valence-electron chi connectivity index (χ2n) is 5.27. The van der Waals surface area contributed by atoms with Gasteiger partial charge in [-0.15, -0.1) is 0 Å². The zero-order valence-electron chi connectivity index (χ0n) is 10.9. The number of nitrogens with zero attached hydrogens (tertiary/aromatic N) is 4. The number of amides is 1. The van der Waals surface area contributed by atoms with Crippen molar-refractivity contribution >= 4 is 5.91 Å². The first-order valence-corrected chi connectivity index (χ1v) is 6.52. The van der Waals surface area contributed by atoms with E-state index >= 15 is 0 Å². The normalized spacial score (nSPS) is 26.0. The predicted octanol–water partition coefficient (Wildman–Crippen LogP) is 0.666. The van der Waals surface area contributed by atoms with Crippen molar-refractivity contribution in [1.82, 2.24) is 14.7 Å². The Morgan fingerprint density at radius 3 is 3.11 bits per heavy atom. The first kappa shape index (κ1) is 12.2. The lowest BCUT2D eigenvalue weighted by Crippen LogP contribution is -2.49. The highest BCUT2D eigenvalue weighted by Crippen LogP contribution is 2.28. The van der Waals surface area contributed by atoms with Crippen LogP contribution in [-0.2, 0) is 22.6 Å². The first-order chi connectivity index (χ1) is 9.12. The van der Waals surface area contributed by atoms with Gasteiger partial charge >= 0.3 is 0 Å². The van der Waals surface area contributed by atoms with E-state index in [-0.39, 0.29) is 5.91 Å². The molecule has 0 aromatic carbocycles.